The molecule has 0 aliphatic carbocycles. The van der Waals surface area contributed by atoms with Crippen LogP contribution in [0.5, 0.6) is 0 Å². The van der Waals surface area contributed by atoms with Crippen LogP contribution in [-0.2, 0) is 4.84 Å². The molecule has 0 aromatic rings. The highest BCUT2D eigenvalue weighted by molar-refractivity contribution is 4.81. The van der Waals surface area contributed by atoms with Crippen LogP contribution in [0.2, 0.25) is 0 Å². The SMILES string of the molecule is CCCCC(CCC)C(NOC(C)CCC)C(CCC)CCCC. The van der Waals surface area contributed by atoms with E-state index in [1.807, 2.05) is 0 Å². The Balaban J connectivity index is 5.01. The van der Waals surface area contributed by atoms with Gasteiger partial charge in [-0.1, -0.05) is 79.6 Å². The second kappa shape index (κ2) is 16.4. The van der Waals surface area contributed by atoms with E-state index in [0.717, 1.165) is 18.3 Å². The predicted molar refractivity (Wildman–Crippen MR) is 108 cm³/mol. The zero-order valence-corrected chi connectivity index (χ0v) is 17.7. The van der Waals surface area contributed by atoms with E-state index < -0.39 is 0 Å². The Morgan fingerprint density at radius 2 is 1.08 bits per heavy atom. The first-order chi connectivity index (χ1) is 11.6. The third kappa shape index (κ3) is 10.7. The summed E-state index contributed by atoms with van der Waals surface area (Å²) in [6, 6.07) is 0.530. The maximum Gasteiger partial charge on any atom is 0.0762 e. The number of hydroxylamine groups is 1. The molecule has 0 saturated heterocycles. The lowest BCUT2D eigenvalue weighted by atomic mass is 9.79. The summed E-state index contributed by atoms with van der Waals surface area (Å²) < 4.78 is 0. The molecule has 1 N–H and O–H groups in total. The fourth-order valence-electron chi connectivity index (χ4n) is 3.92. The summed E-state index contributed by atoms with van der Waals surface area (Å²) in [4.78, 5) is 6.11. The summed E-state index contributed by atoms with van der Waals surface area (Å²) in [5.74, 6) is 1.52. The summed E-state index contributed by atoms with van der Waals surface area (Å²) in [5.41, 5.74) is 3.59. The van der Waals surface area contributed by atoms with Gasteiger partial charge in [0.05, 0.1) is 6.10 Å². The molecule has 24 heavy (non-hydrogen) atoms. The molecular weight excluding hydrogens is 294 g/mol. The summed E-state index contributed by atoms with van der Waals surface area (Å²) in [6.45, 7) is 13.7. The molecule has 0 aliphatic rings. The minimum atomic E-state index is 0.319. The highest BCUT2D eigenvalue weighted by Gasteiger charge is 2.28. The minimum Gasteiger partial charge on any atom is -0.299 e. The molecule has 2 heteroatoms. The van der Waals surface area contributed by atoms with E-state index in [0.29, 0.717) is 12.1 Å². The average Bonchev–Trinajstić information content (AvgIpc) is 2.57. The molecule has 0 fully saturated rings. The average molecular weight is 342 g/mol. The van der Waals surface area contributed by atoms with Crippen LogP contribution in [0.3, 0.4) is 0 Å². The van der Waals surface area contributed by atoms with Gasteiger partial charge in [0.15, 0.2) is 0 Å². The van der Waals surface area contributed by atoms with Crippen molar-refractivity contribution in [2.45, 2.75) is 131 Å². The molecule has 0 amide bonds. The Morgan fingerprint density at radius 3 is 1.46 bits per heavy atom. The van der Waals surface area contributed by atoms with E-state index >= 15 is 0 Å². The lowest BCUT2D eigenvalue weighted by molar-refractivity contribution is -0.0656. The van der Waals surface area contributed by atoms with Crippen LogP contribution in [0.1, 0.15) is 119 Å². The normalized spacial score (nSPS) is 16.8. The van der Waals surface area contributed by atoms with Crippen molar-refractivity contribution in [3.8, 4) is 0 Å². The van der Waals surface area contributed by atoms with Gasteiger partial charge in [-0.3, -0.25) is 4.84 Å². The first kappa shape index (κ1) is 23.9. The van der Waals surface area contributed by atoms with Crippen LogP contribution < -0.4 is 5.48 Å². The van der Waals surface area contributed by atoms with E-state index in [1.165, 1.54) is 70.6 Å². The topological polar surface area (TPSA) is 21.3 Å². The lowest BCUT2D eigenvalue weighted by Crippen LogP contribution is -2.44. The van der Waals surface area contributed by atoms with Gasteiger partial charge in [0.1, 0.15) is 0 Å². The molecule has 0 radical (unpaired) electrons. The molecule has 3 unspecified atom stereocenters. The molecule has 0 spiro atoms. The fourth-order valence-corrected chi connectivity index (χ4v) is 3.92. The maximum absolute atomic E-state index is 6.11. The van der Waals surface area contributed by atoms with Crippen molar-refractivity contribution in [3.63, 3.8) is 0 Å². The Hall–Kier alpha value is -0.0800. The third-order valence-corrected chi connectivity index (χ3v) is 5.29. The molecular formula is C22H47NO. The Bertz CT molecular complexity index is 238. The van der Waals surface area contributed by atoms with Gasteiger partial charge in [-0.15, -0.1) is 0 Å². The third-order valence-electron chi connectivity index (χ3n) is 5.29. The summed E-state index contributed by atoms with van der Waals surface area (Å²) in [5, 5.41) is 0. The van der Waals surface area contributed by atoms with Crippen LogP contribution >= 0.6 is 0 Å². The van der Waals surface area contributed by atoms with E-state index in [2.05, 4.69) is 47.0 Å². The van der Waals surface area contributed by atoms with Crippen LogP contribution in [-0.4, -0.2) is 12.1 Å². The number of rotatable bonds is 17. The Labute approximate surface area is 153 Å². The predicted octanol–water partition coefficient (Wildman–Crippen LogP) is 7.28. The van der Waals surface area contributed by atoms with Crippen LogP contribution in [0.15, 0.2) is 0 Å². The van der Waals surface area contributed by atoms with Crippen LogP contribution in [0.4, 0.5) is 0 Å². The molecule has 0 saturated carbocycles. The lowest BCUT2D eigenvalue weighted by Gasteiger charge is -2.35. The van der Waals surface area contributed by atoms with Gasteiger partial charge in [-0.2, -0.15) is 5.48 Å². The number of hydrogen-bond donors (Lipinski definition) is 1. The molecule has 0 bridgehead atoms. The smallest absolute Gasteiger partial charge is 0.0762 e. The van der Waals surface area contributed by atoms with Crippen molar-refractivity contribution < 1.29 is 4.84 Å². The zero-order chi connectivity index (χ0) is 18.2. The number of unbranched alkanes of at least 4 members (excludes halogenated alkanes) is 2. The van der Waals surface area contributed by atoms with Crippen LogP contribution in [0.25, 0.3) is 0 Å². The van der Waals surface area contributed by atoms with Gasteiger partial charge in [-0.25, -0.2) is 0 Å². The van der Waals surface area contributed by atoms with Crippen molar-refractivity contribution >= 4 is 0 Å². The molecule has 0 aliphatic heterocycles. The largest absolute Gasteiger partial charge is 0.299 e. The molecule has 146 valence electrons. The van der Waals surface area contributed by atoms with Gasteiger partial charge in [-0.05, 0) is 50.9 Å². The second-order valence-electron chi connectivity index (χ2n) is 7.74. The van der Waals surface area contributed by atoms with Crippen molar-refractivity contribution in [1.29, 1.82) is 0 Å². The Morgan fingerprint density at radius 1 is 0.625 bits per heavy atom. The molecule has 2 nitrogen and oxygen atoms in total. The van der Waals surface area contributed by atoms with Gasteiger partial charge < -0.3 is 0 Å². The maximum atomic E-state index is 6.11. The quantitative estimate of drug-likeness (QED) is 0.281. The molecule has 0 rings (SSSR count). The van der Waals surface area contributed by atoms with E-state index in [-0.39, 0.29) is 0 Å². The molecule has 0 aromatic heterocycles. The molecule has 0 aromatic carbocycles. The first-order valence-electron chi connectivity index (χ1n) is 11.0. The van der Waals surface area contributed by atoms with E-state index in [1.54, 1.807) is 0 Å². The minimum absolute atomic E-state index is 0.319. The number of hydrogen-bond acceptors (Lipinski definition) is 2. The van der Waals surface area contributed by atoms with Gasteiger partial charge in [0, 0.05) is 6.04 Å². The fraction of sp³-hybridized carbons (Fsp3) is 1.00. The summed E-state index contributed by atoms with van der Waals surface area (Å²) >= 11 is 0. The standard InChI is InChI=1S/C22H47NO/c1-7-12-17-20(15-10-4)22(23-24-19(6)14-9-3)21(16-11-5)18-13-8-2/h19-23H,7-18H2,1-6H3. The zero-order valence-electron chi connectivity index (χ0n) is 17.7. The van der Waals surface area contributed by atoms with E-state index in [4.69, 9.17) is 4.84 Å². The van der Waals surface area contributed by atoms with Gasteiger partial charge in [0.25, 0.3) is 0 Å². The van der Waals surface area contributed by atoms with Crippen molar-refractivity contribution in [2.75, 3.05) is 0 Å². The molecule has 3 atom stereocenters. The summed E-state index contributed by atoms with van der Waals surface area (Å²) in [6.07, 6.45) is 15.9. The van der Waals surface area contributed by atoms with E-state index in [9.17, 15) is 0 Å². The summed E-state index contributed by atoms with van der Waals surface area (Å²) in [7, 11) is 0. The van der Waals surface area contributed by atoms with Crippen molar-refractivity contribution in [2.24, 2.45) is 11.8 Å². The van der Waals surface area contributed by atoms with Gasteiger partial charge in [0.2, 0.25) is 0 Å². The highest BCUT2D eigenvalue weighted by atomic mass is 16.7. The van der Waals surface area contributed by atoms with Gasteiger partial charge >= 0.3 is 0 Å². The van der Waals surface area contributed by atoms with Crippen LogP contribution in [0, 0.1) is 11.8 Å². The second-order valence-corrected chi connectivity index (χ2v) is 7.74. The molecule has 0 heterocycles. The Kier molecular flexibility index (Phi) is 16.3. The first-order valence-corrected chi connectivity index (χ1v) is 11.0. The highest BCUT2D eigenvalue weighted by Crippen LogP contribution is 2.30. The number of nitrogens with one attached hydrogen (secondary N) is 1. The monoisotopic (exact) mass is 341 g/mol. The van der Waals surface area contributed by atoms with Crippen molar-refractivity contribution in [3.05, 3.63) is 0 Å². The van der Waals surface area contributed by atoms with Crippen molar-refractivity contribution in [1.82, 2.24) is 5.48 Å².